The van der Waals surface area contributed by atoms with Gasteiger partial charge in [-0.25, -0.2) is 4.39 Å². The maximum absolute atomic E-state index is 12.3. The van der Waals surface area contributed by atoms with Crippen LogP contribution in [0.1, 0.15) is 0 Å². The molecule has 5 nitrogen and oxygen atoms in total. The van der Waals surface area contributed by atoms with Crippen LogP contribution < -0.4 is 16.0 Å². The van der Waals surface area contributed by atoms with Crippen molar-refractivity contribution in [2.75, 3.05) is 13.2 Å². The predicted molar refractivity (Wildman–Crippen MR) is 73.4 cm³/mol. The molecule has 0 aliphatic carbocycles. The Hall–Kier alpha value is -1.92. The highest BCUT2D eigenvalue weighted by Gasteiger charge is 2.02. The Labute approximate surface area is 114 Å². The number of aromatic amines is 1. The van der Waals surface area contributed by atoms with E-state index in [4.69, 9.17) is 10.5 Å². The molecule has 3 N–H and O–H groups in total. The van der Waals surface area contributed by atoms with Crippen molar-refractivity contribution in [3.63, 3.8) is 0 Å². The highest BCUT2D eigenvalue weighted by molar-refractivity contribution is 5.85. The van der Waals surface area contributed by atoms with Gasteiger partial charge in [0.15, 0.2) is 0 Å². The van der Waals surface area contributed by atoms with Crippen molar-refractivity contribution < 1.29 is 9.13 Å². The Balaban J connectivity index is 0.00000180. The largest absolute Gasteiger partial charge is 0.489 e. The first-order chi connectivity index (χ1) is 8.74. The van der Waals surface area contributed by atoms with E-state index in [1.54, 1.807) is 18.2 Å². The van der Waals surface area contributed by atoms with Crippen LogP contribution in [0.2, 0.25) is 0 Å². The molecule has 19 heavy (non-hydrogen) atoms. The fourth-order valence-electron chi connectivity index (χ4n) is 1.46. The number of hydrogen-bond acceptors (Lipinski definition) is 4. The van der Waals surface area contributed by atoms with Crippen molar-refractivity contribution in [1.29, 1.82) is 0 Å². The van der Waals surface area contributed by atoms with Crippen molar-refractivity contribution in [1.82, 2.24) is 9.97 Å². The van der Waals surface area contributed by atoms with Crippen molar-refractivity contribution in [2.24, 2.45) is 5.73 Å². The molecule has 0 bridgehead atoms. The third-order valence-electron chi connectivity index (χ3n) is 2.46. The summed E-state index contributed by atoms with van der Waals surface area (Å²) in [5.41, 5.74) is 5.99. The van der Waals surface area contributed by atoms with Crippen LogP contribution in [0.5, 0.6) is 5.75 Å². The normalized spacial score (nSPS) is 11.2. The summed E-state index contributed by atoms with van der Waals surface area (Å²) in [6, 6.07) is 4.90. The number of nitrogens with one attached hydrogen (secondary N) is 1. The second kappa shape index (κ2) is 6.86. The molecular weight excluding hydrogens is 273 g/mol. The Morgan fingerprint density at radius 2 is 2.32 bits per heavy atom. The lowest BCUT2D eigenvalue weighted by Gasteiger charge is -2.07. The lowest BCUT2D eigenvalue weighted by molar-refractivity contribution is 0.348. The SMILES string of the molecule is Cl.NC/C(=C/F)COc1ccc2c(=O)nc[nH]c2c1. The number of H-pyrrole nitrogens is 1. The summed E-state index contributed by atoms with van der Waals surface area (Å²) in [6.45, 7) is 0.179. The van der Waals surface area contributed by atoms with Gasteiger partial charge in [0.05, 0.1) is 23.6 Å². The van der Waals surface area contributed by atoms with E-state index in [1.165, 1.54) is 6.33 Å². The summed E-state index contributed by atoms with van der Waals surface area (Å²) in [7, 11) is 0. The zero-order valence-corrected chi connectivity index (χ0v) is 10.7. The van der Waals surface area contributed by atoms with E-state index in [-0.39, 0.29) is 31.1 Å². The van der Waals surface area contributed by atoms with Crippen LogP contribution in [0.3, 0.4) is 0 Å². The van der Waals surface area contributed by atoms with E-state index >= 15 is 0 Å². The minimum atomic E-state index is -0.304. The topological polar surface area (TPSA) is 81.0 Å². The summed E-state index contributed by atoms with van der Waals surface area (Å²) >= 11 is 0. The van der Waals surface area contributed by atoms with Crippen molar-refractivity contribution >= 4 is 23.3 Å². The molecule has 1 heterocycles. The molecule has 102 valence electrons. The average Bonchev–Trinajstić information content (AvgIpc) is 2.40. The third kappa shape index (κ3) is 3.52. The van der Waals surface area contributed by atoms with Gasteiger partial charge in [-0.3, -0.25) is 4.79 Å². The fraction of sp³-hybridized carbons (Fsp3) is 0.167. The molecule has 0 aliphatic heterocycles. The Morgan fingerprint density at radius 1 is 1.53 bits per heavy atom. The first kappa shape index (κ1) is 15.1. The number of rotatable bonds is 4. The van der Waals surface area contributed by atoms with Crippen LogP contribution in [0.4, 0.5) is 4.39 Å². The Bertz CT molecular complexity index is 642. The number of ether oxygens (including phenoxy) is 1. The number of nitrogens with two attached hydrogens (primary N) is 1. The lowest BCUT2D eigenvalue weighted by Crippen LogP contribution is -2.11. The first-order valence-corrected chi connectivity index (χ1v) is 5.33. The number of benzene rings is 1. The molecule has 0 spiro atoms. The number of hydrogen-bond donors (Lipinski definition) is 2. The monoisotopic (exact) mass is 285 g/mol. The van der Waals surface area contributed by atoms with Gasteiger partial charge in [0.25, 0.3) is 5.56 Å². The minimum Gasteiger partial charge on any atom is -0.489 e. The van der Waals surface area contributed by atoms with Crippen molar-refractivity contribution in [3.05, 3.63) is 46.8 Å². The number of aromatic nitrogens is 2. The zero-order chi connectivity index (χ0) is 13.0. The van der Waals surface area contributed by atoms with Crippen LogP contribution in [0.15, 0.2) is 41.2 Å². The summed E-state index contributed by atoms with van der Waals surface area (Å²) in [5, 5.41) is 0.477. The highest BCUT2D eigenvalue weighted by Crippen LogP contribution is 2.16. The Kier molecular flexibility index (Phi) is 5.47. The smallest absolute Gasteiger partial charge is 0.280 e. The van der Waals surface area contributed by atoms with Gasteiger partial charge in [0, 0.05) is 18.2 Å². The van der Waals surface area contributed by atoms with Gasteiger partial charge in [-0.15, -0.1) is 12.4 Å². The molecule has 0 saturated heterocycles. The molecule has 1 aromatic heterocycles. The zero-order valence-electron chi connectivity index (χ0n) is 9.93. The van der Waals surface area contributed by atoms with E-state index in [0.29, 0.717) is 28.6 Å². The molecule has 0 radical (unpaired) electrons. The van der Waals surface area contributed by atoms with Crippen LogP contribution >= 0.6 is 12.4 Å². The Morgan fingerprint density at radius 3 is 3.00 bits per heavy atom. The van der Waals surface area contributed by atoms with Gasteiger partial charge in [-0.1, -0.05) is 0 Å². The van der Waals surface area contributed by atoms with Crippen molar-refractivity contribution in [3.8, 4) is 5.75 Å². The molecular formula is C12H13ClFN3O2. The molecule has 7 heteroatoms. The maximum atomic E-state index is 12.3. The molecule has 0 atom stereocenters. The summed E-state index contributed by atoms with van der Waals surface area (Å²) < 4.78 is 17.7. The van der Waals surface area contributed by atoms with Gasteiger partial charge in [-0.05, 0) is 12.1 Å². The first-order valence-electron chi connectivity index (χ1n) is 5.33. The average molecular weight is 286 g/mol. The standard InChI is InChI=1S/C12H12FN3O2.ClH/c13-4-8(5-14)6-18-9-1-2-10-11(3-9)15-7-16-12(10)17;/h1-4,7H,5-6,14H2,(H,15,16,17);1H/b8-4-;. The lowest BCUT2D eigenvalue weighted by atomic mass is 10.2. The fourth-order valence-corrected chi connectivity index (χ4v) is 1.46. The van der Waals surface area contributed by atoms with E-state index in [1.807, 2.05) is 0 Å². The van der Waals surface area contributed by atoms with Gasteiger partial charge in [0.1, 0.15) is 12.4 Å². The van der Waals surface area contributed by atoms with E-state index in [2.05, 4.69) is 9.97 Å². The molecule has 0 unspecified atom stereocenters. The van der Waals surface area contributed by atoms with Gasteiger partial charge < -0.3 is 15.5 Å². The minimum absolute atomic E-state index is 0. The summed E-state index contributed by atoms with van der Waals surface area (Å²) in [6.07, 6.45) is 1.76. The van der Waals surface area contributed by atoms with Crippen LogP contribution in [-0.2, 0) is 0 Å². The van der Waals surface area contributed by atoms with E-state index in [0.717, 1.165) is 0 Å². The number of nitrogens with zero attached hydrogens (tertiary/aromatic N) is 1. The molecule has 0 fully saturated rings. The van der Waals surface area contributed by atoms with Crippen LogP contribution in [0.25, 0.3) is 10.9 Å². The summed E-state index contributed by atoms with van der Waals surface area (Å²) in [4.78, 5) is 17.9. The van der Waals surface area contributed by atoms with E-state index in [9.17, 15) is 9.18 Å². The van der Waals surface area contributed by atoms with Gasteiger partial charge in [-0.2, -0.15) is 4.98 Å². The molecule has 0 saturated carbocycles. The highest BCUT2D eigenvalue weighted by atomic mass is 35.5. The predicted octanol–water partition coefficient (Wildman–Crippen LogP) is 1.54. The van der Waals surface area contributed by atoms with Crippen LogP contribution in [-0.4, -0.2) is 23.1 Å². The molecule has 2 aromatic rings. The van der Waals surface area contributed by atoms with E-state index < -0.39 is 0 Å². The number of halogens is 2. The molecule has 1 aromatic carbocycles. The van der Waals surface area contributed by atoms with Gasteiger partial charge >= 0.3 is 0 Å². The maximum Gasteiger partial charge on any atom is 0.280 e. The second-order valence-electron chi connectivity index (χ2n) is 3.68. The molecule has 0 amide bonds. The second-order valence-corrected chi connectivity index (χ2v) is 3.68. The van der Waals surface area contributed by atoms with Crippen LogP contribution in [0, 0.1) is 0 Å². The molecule has 2 rings (SSSR count). The third-order valence-corrected chi connectivity index (χ3v) is 2.46. The quantitative estimate of drug-likeness (QED) is 0.893. The molecule has 0 aliphatic rings. The van der Waals surface area contributed by atoms with Gasteiger partial charge in [0.2, 0.25) is 0 Å². The van der Waals surface area contributed by atoms with Crippen molar-refractivity contribution in [2.45, 2.75) is 0 Å². The number of fused-ring (bicyclic) bond motifs is 1. The summed E-state index contributed by atoms with van der Waals surface area (Å²) in [5.74, 6) is 0.525.